The number of nitrogens with zero attached hydrogens (tertiary/aromatic N) is 5. The first kappa shape index (κ1) is 26.7. The number of aromatic hydroxyl groups is 1. The number of aromatic nitrogens is 3. The minimum Gasteiger partial charge on any atom is -0.507 e. The van der Waals surface area contributed by atoms with Crippen LogP contribution >= 0.6 is 0 Å². The van der Waals surface area contributed by atoms with E-state index < -0.39 is 0 Å². The van der Waals surface area contributed by atoms with Crippen LogP contribution in [0.15, 0.2) is 115 Å². The maximum Gasteiger partial charge on any atom is 0.164 e. The molecule has 1 N–H and O–H groups in total. The maximum absolute atomic E-state index is 10.8. The van der Waals surface area contributed by atoms with Crippen molar-refractivity contribution in [2.75, 3.05) is 38.1 Å². The van der Waals surface area contributed by atoms with Gasteiger partial charge in [-0.3, -0.25) is 0 Å². The van der Waals surface area contributed by atoms with E-state index in [2.05, 4.69) is 53.2 Å². The molecule has 0 unspecified atom stereocenters. The van der Waals surface area contributed by atoms with Crippen LogP contribution in [0.2, 0.25) is 0 Å². The number of benzene rings is 4. The van der Waals surface area contributed by atoms with Crippen LogP contribution in [0.5, 0.6) is 11.5 Å². The zero-order valence-electron chi connectivity index (χ0n) is 24.1. The highest BCUT2D eigenvalue weighted by Crippen LogP contribution is 2.35. The molecule has 7 heteroatoms. The van der Waals surface area contributed by atoms with Crippen LogP contribution in [-0.2, 0) is 6.61 Å². The summed E-state index contributed by atoms with van der Waals surface area (Å²) in [4.78, 5) is 9.92. The fraction of sp³-hybridized carbons (Fsp3) is 0.167. The van der Waals surface area contributed by atoms with Gasteiger partial charge in [-0.15, -0.1) is 0 Å². The predicted octanol–water partition coefficient (Wildman–Crippen LogP) is 6.77. The number of para-hydroxylation sites is 1. The molecule has 0 atom stereocenters. The molecule has 0 radical (unpaired) electrons. The van der Waals surface area contributed by atoms with E-state index in [0.29, 0.717) is 12.2 Å². The van der Waals surface area contributed by atoms with Gasteiger partial charge in [-0.25, -0.2) is 9.50 Å². The van der Waals surface area contributed by atoms with Gasteiger partial charge < -0.3 is 19.6 Å². The van der Waals surface area contributed by atoms with E-state index in [1.54, 1.807) is 6.07 Å². The minimum atomic E-state index is 0.189. The number of piperazine rings is 1. The fourth-order valence-corrected chi connectivity index (χ4v) is 5.60. The molecule has 0 saturated carbocycles. The summed E-state index contributed by atoms with van der Waals surface area (Å²) in [6.45, 7) is 4.66. The van der Waals surface area contributed by atoms with Crippen LogP contribution in [0.1, 0.15) is 5.56 Å². The van der Waals surface area contributed by atoms with Crippen molar-refractivity contribution in [3.63, 3.8) is 0 Å². The van der Waals surface area contributed by atoms with Gasteiger partial charge in [0.25, 0.3) is 0 Å². The number of likely N-dealkylation sites (N-methyl/N-ethyl adjacent to an activating group) is 1. The van der Waals surface area contributed by atoms with Crippen molar-refractivity contribution in [1.82, 2.24) is 19.5 Å². The zero-order chi connectivity index (χ0) is 29.2. The molecule has 6 aromatic rings. The highest BCUT2D eigenvalue weighted by Gasteiger charge is 2.19. The Labute approximate surface area is 251 Å². The van der Waals surface area contributed by atoms with Gasteiger partial charge in [-0.05, 0) is 60.6 Å². The highest BCUT2D eigenvalue weighted by molar-refractivity contribution is 5.83. The molecule has 7 nitrogen and oxygen atoms in total. The van der Waals surface area contributed by atoms with Gasteiger partial charge in [0, 0.05) is 48.6 Å². The summed E-state index contributed by atoms with van der Waals surface area (Å²) in [5, 5.41) is 15.6. The van der Waals surface area contributed by atoms with E-state index in [4.69, 9.17) is 14.8 Å². The van der Waals surface area contributed by atoms with Crippen LogP contribution in [0.3, 0.4) is 0 Å². The van der Waals surface area contributed by atoms with E-state index in [0.717, 1.165) is 71.2 Å². The Morgan fingerprint density at radius 2 is 1.51 bits per heavy atom. The Kier molecular flexibility index (Phi) is 7.23. The summed E-state index contributed by atoms with van der Waals surface area (Å²) in [5.74, 6) is 0.954. The lowest BCUT2D eigenvalue weighted by atomic mass is 10.0. The molecule has 0 spiro atoms. The number of phenols is 1. The first-order valence-corrected chi connectivity index (χ1v) is 14.6. The molecule has 1 aliphatic heterocycles. The van der Waals surface area contributed by atoms with Crippen molar-refractivity contribution >= 4 is 11.3 Å². The SMILES string of the molecule is CN1CCN(c2ccc(-c3cnn4c(-c5ccccc5O)cc(-c5cccc(OCc6ccccc6)c5)nc34)cc2)CC1. The average Bonchev–Trinajstić information content (AvgIpc) is 3.49. The fourth-order valence-electron chi connectivity index (χ4n) is 5.60. The van der Waals surface area contributed by atoms with E-state index in [-0.39, 0.29) is 5.75 Å². The monoisotopic (exact) mass is 567 g/mol. The molecule has 1 aliphatic rings. The van der Waals surface area contributed by atoms with Crippen LogP contribution in [0, 0.1) is 0 Å². The van der Waals surface area contributed by atoms with Crippen LogP contribution in [0.4, 0.5) is 5.69 Å². The first-order valence-electron chi connectivity index (χ1n) is 14.6. The second-order valence-corrected chi connectivity index (χ2v) is 11.0. The number of ether oxygens (including phenoxy) is 1. The molecule has 2 aromatic heterocycles. The van der Waals surface area contributed by atoms with Crippen LogP contribution < -0.4 is 9.64 Å². The number of anilines is 1. The van der Waals surface area contributed by atoms with Gasteiger partial charge in [0.15, 0.2) is 5.65 Å². The van der Waals surface area contributed by atoms with Gasteiger partial charge >= 0.3 is 0 Å². The van der Waals surface area contributed by atoms with Crippen molar-refractivity contribution < 1.29 is 9.84 Å². The predicted molar refractivity (Wildman–Crippen MR) is 171 cm³/mol. The van der Waals surface area contributed by atoms with Crippen molar-refractivity contribution in [3.05, 3.63) is 121 Å². The van der Waals surface area contributed by atoms with Crippen molar-refractivity contribution in [2.45, 2.75) is 6.61 Å². The first-order chi connectivity index (χ1) is 21.1. The summed E-state index contributed by atoms with van der Waals surface area (Å²) in [6.07, 6.45) is 1.86. The summed E-state index contributed by atoms with van der Waals surface area (Å²) in [5.41, 5.74) is 8.16. The Morgan fingerprint density at radius 3 is 2.30 bits per heavy atom. The van der Waals surface area contributed by atoms with E-state index >= 15 is 0 Å². The summed E-state index contributed by atoms with van der Waals surface area (Å²) >= 11 is 0. The quantitative estimate of drug-likeness (QED) is 0.230. The molecule has 1 saturated heterocycles. The number of hydrogen-bond acceptors (Lipinski definition) is 6. The lowest BCUT2D eigenvalue weighted by Crippen LogP contribution is -2.44. The van der Waals surface area contributed by atoms with Crippen molar-refractivity contribution in [1.29, 1.82) is 0 Å². The second kappa shape index (κ2) is 11.6. The third-order valence-electron chi connectivity index (χ3n) is 8.08. The van der Waals surface area contributed by atoms with Gasteiger partial charge in [0.05, 0.1) is 17.6 Å². The summed E-state index contributed by atoms with van der Waals surface area (Å²) < 4.78 is 7.95. The molecule has 0 bridgehead atoms. The third-order valence-corrected chi connectivity index (χ3v) is 8.08. The molecule has 0 aliphatic carbocycles. The second-order valence-electron chi connectivity index (χ2n) is 11.0. The molecule has 4 aromatic carbocycles. The van der Waals surface area contributed by atoms with E-state index in [9.17, 15) is 5.11 Å². The molecule has 3 heterocycles. The van der Waals surface area contributed by atoms with Crippen molar-refractivity contribution in [3.8, 4) is 45.1 Å². The van der Waals surface area contributed by atoms with Gasteiger partial charge in [-0.1, -0.05) is 66.7 Å². The molecular formula is C36H33N5O2. The number of fused-ring (bicyclic) bond motifs is 1. The standard InChI is InChI=1S/C36H33N5O2/c1-39-18-20-40(21-19-39)29-16-14-27(15-17-29)32-24-37-41-34(31-12-5-6-13-35(31)42)23-33(38-36(32)41)28-10-7-11-30(22-28)43-25-26-8-3-2-4-9-26/h2-17,22-24,42H,18-21,25H2,1H3. The lowest BCUT2D eigenvalue weighted by molar-refractivity contribution is 0.306. The molecule has 43 heavy (non-hydrogen) atoms. The number of phenolic OH excluding ortho intramolecular Hbond substituents is 1. The number of rotatable bonds is 7. The molecular weight excluding hydrogens is 534 g/mol. The highest BCUT2D eigenvalue weighted by atomic mass is 16.5. The molecule has 7 rings (SSSR count). The van der Waals surface area contributed by atoms with E-state index in [1.165, 1.54) is 5.69 Å². The molecule has 0 amide bonds. The van der Waals surface area contributed by atoms with Gasteiger partial charge in [-0.2, -0.15) is 5.10 Å². The largest absolute Gasteiger partial charge is 0.507 e. The van der Waals surface area contributed by atoms with E-state index in [1.807, 2.05) is 77.4 Å². The smallest absolute Gasteiger partial charge is 0.164 e. The molecule has 1 fully saturated rings. The Morgan fingerprint density at radius 1 is 0.744 bits per heavy atom. The maximum atomic E-state index is 10.8. The average molecular weight is 568 g/mol. The zero-order valence-corrected chi connectivity index (χ0v) is 24.1. The summed E-state index contributed by atoms with van der Waals surface area (Å²) in [7, 11) is 2.17. The molecule has 214 valence electrons. The minimum absolute atomic E-state index is 0.189. The normalized spacial score (nSPS) is 13.8. The summed E-state index contributed by atoms with van der Waals surface area (Å²) in [6, 6.07) is 36.1. The van der Waals surface area contributed by atoms with Gasteiger partial charge in [0.2, 0.25) is 0 Å². The van der Waals surface area contributed by atoms with Gasteiger partial charge in [0.1, 0.15) is 18.1 Å². The van der Waals surface area contributed by atoms with Crippen LogP contribution in [-0.4, -0.2) is 57.8 Å². The topological polar surface area (TPSA) is 66.1 Å². The van der Waals surface area contributed by atoms with Crippen LogP contribution in [0.25, 0.3) is 39.3 Å². The lowest BCUT2D eigenvalue weighted by Gasteiger charge is -2.34. The third kappa shape index (κ3) is 5.55. The number of hydrogen-bond donors (Lipinski definition) is 1. The Balaban J connectivity index is 1.28. The Hall–Kier alpha value is -5.14. The van der Waals surface area contributed by atoms with Crippen molar-refractivity contribution in [2.24, 2.45) is 0 Å². The Bertz CT molecular complexity index is 1860.